The van der Waals surface area contributed by atoms with Crippen molar-refractivity contribution in [3.8, 4) is 23.1 Å². The van der Waals surface area contributed by atoms with E-state index in [0.29, 0.717) is 45.2 Å². The molecule has 0 bridgehead atoms. The molecule has 12 heteroatoms. The molecule has 0 saturated heterocycles. The quantitative estimate of drug-likeness (QED) is 0.352. The molecule has 1 saturated carbocycles. The SMILES string of the molecule is COc1cc2ncnc(Oc3cnn(CC(=O)Nc4ncc(CNC5CC5)s4)c3)c2cc1OC. The number of thiazole rings is 1. The van der Waals surface area contributed by atoms with Crippen molar-refractivity contribution in [2.45, 2.75) is 32.0 Å². The van der Waals surface area contributed by atoms with Crippen molar-refractivity contribution in [3.63, 3.8) is 0 Å². The standard InChI is InChI=1S/C22H23N7O4S/c1-31-18-5-16-17(6-19(18)32-2)25-12-26-21(16)33-14-7-27-29(10-14)11-20(30)28-22-24-9-15(34-22)8-23-13-3-4-13/h5-7,9-10,12-13,23H,3-4,8,11H2,1-2H3,(H,24,28,30). The maximum Gasteiger partial charge on any atom is 0.247 e. The Labute approximate surface area is 199 Å². The number of fused-ring (bicyclic) bond motifs is 1. The molecular formula is C22H23N7O4S. The van der Waals surface area contributed by atoms with Gasteiger partial charge in [-0.15, -0.1) is 11.3 Å². The summed E-state index contributed by atoms with van der Waals surface area (Å²) < 4.78 is 18.1. The van der Waals surface area contributed by atoms with Gasteiger partial charge < -0.3 is 24.8 Å². The molecule has 11 nitrogen and oxygen atoms in total. The molecule has 4 aromatic rings. The summed E-state index contributed by atoms with van der Waals surface area (Å²) in [6.45, 7) is 0.794. The summed E-state index contributed by atoms with van der Waals surface area (Å²) in [6.07, 6.45) is 8.80. The molecule has 176 valence electrons. The molecule has 0 radical (unpaired) electrons. The second kappa shape index (κ2) is 9.61. The van der Waals surface area contributed by atoms with Crippen LogP contribution in [0.3, 0.4) is 0 Å². The van der Waals surface area contributed by atoms with Crippen LogP contribution in [0.15, 0.2) is 37.1 Å². The van der Waals surface area contributed by atoms with Crippen molar-refractivity contribution in [1.82, 2.24) is 30.0 Å². The van der Waals surface area contributed by atoms with Crippen molar-refractivity contribution in [3.05, 3.63) is 41.9 Å². The molecule has 3 heterocycles. The number of nitrogens with zero attached hydrogens (tertiary/aromatic N) is 5. The minimum Gasteiger partial charge on any atom is -0.493 e. The fourth-order valence-electron chi connectivity index (χ4n) is 3.32. The summed E-state index contributed by atoms with van der Waals surface area (Å²) in [6, 6.07) is 4.13. The topological polar surface area (TPSA) is 125 Å². The molecule has 34 heavy (non-hydrogen) atoms. The van der Waals surface area contributed by atoms with Gasteiger partial charge >= 0.3 is 0 Å². The predicted octanol–water partition coefficient (Wildman–Crippen LogP) is 2.98. The van der Waals surface area contributed by atoms with Crippen LogP contribution in [-0.4, -0.2) is 50.9 Å². The van der Waals surface area contributed by atoms with Gasteiger partial charge in [-0.3, -0.25) is 9.48 Å². The lowest BCUT2D eigenvalue weighted by molar-refractivity contribution is -0.116. The van der Waals surface area contributed by atoms with Crippen molar-refractivity contribution in [1.29, 1.82) is 0 Å². The highest BCUT2D eigenvalue weighted by Crippen LogP contribution is 2.35. The summed E-state index contributed by atoms with van der Waals surface area (Å²) in [4.78, 5) is 26.3. The Balaban J connectivity index is 1.23. The molecule has 1 aliphatic rings. The number of rotatable bonds is 10. The zero-order chi connectivity index (χ0) is 23.5. The lowest BCUT2D eigenvalue weighted by Crippen LogP contribution is -2.18. The highest BCUT2D eigenvalue weighted by molar-refractivity contribution is 7.15. The van der Waals surface area contributed by atoms with E-state index in [1.165, 1.54) is 41.4 Å². The summed E-state index contributed by atoms with van der Waals surface area (Å²) in [5.41, 5.74) is 0.643. The number of hydrogen-bond donors (Lipinski definition) is 2. The van der Waals surface area contributed by atoms with Gasteiger partial charge in [-0.05, 0) is 18.9 Å². The minimum atomic E-state index is -0.227. The molecule has 1 aromatic carbocycles. The zero-order valence-corrected chi connectivity index (χ0v) is 19.5. The number of hydrogen-bond acceptors (Lipinski definition) is 10. The van der Waals surface area contributed by atoms with Crippen molar-refractivity contribution in [2.75, 3.05) is 19.5 Å². The van der Waals surface area contributed by atoms with Gasteiger partial charge in [0.25, 0.3) is 0 Å². The third-order valence-electron chi connectivity index (χ3n) is 5.18. The van der Waals surface area contributed by atoms with Crippen molar-refractivity contribution >= 4 is 33.3 Å². The number of benzene rings is 1. The lowest BCUT2D eigenvalue weighted by Gasteiger charge is -2.10. The number of aromatic nitrogens is 5. The van der Waals surface area contributed by atoms with Crippen LogP contribution in [0.5, 0.6) is 23.1 Å². The van der Waals surface area contributed by atoms with E-state index in [2.05, 4.69) is 30.7 Å². The van der Waals surface area contributed by atoms with Crippen LogP contribution in [0.25, 0.3) is 10.9 Å². The van der Waals surface area contributed by atoms with E-state index in [4.69, 9.17) is 14.2 Å². The first-order valence-corrected chi connectivity index (χ1v) is 11.5. The van der Waals surface area contributed by atoms with E-state index in [-0.39, 0.29) is 12.5 Å². The van der Waals surface area contributed by atoms with E-state index in [9.17, 15) is 4.79 Å². The maximum atomic E-state index is 12.4. The number of carbonyl (C=O) groups is 1. The lowest BCUT2D eigenvalue weighted by atomic mass is 10.2. The summed E-state index contributed by atoms with van der Waals surface area (Å²) in [7, 11) is 3.12. The number of methoxy groups -OCH3 is 2. The fourth-order valence-corrected chi connectivity index (χ4v) is 4.10. The molecule has 2 N–H and O–H groups in total. The van der Waals surface area contributed by atoms with E-state index in [0.717, 1.165) is 11.4 Å². The van der Waals surface area contributed by atoms with Gasteiger partial charge in [0.15, 0.2) is 22.4 Å². The van der Waals surface area contributed by atoms with Crippen LogP contribution in [-0.2, 0) is 17.9 Å². The monoisotopic (exact) mass is 481 g/mol. The molecule has 1 aliphatic carbocycles. The Kier molecular flexibility index (Phi) is 6.23. The fraction of sp³-hybridized carbons (Fsp3) is 0.318. The van der Waals surface area contributed by atoms with Crippen LogP contribution >= 0.6 is 11.3 Å². The molecule has 1 fully saturated rings. The summed E-state index contributed by atoms with van der Waals surface area (Å²) in [5, 5.41) is 11.7. The largest absolute Gasteiger partial charge is 0.493 e. The van der Waals surface area contributed by atoms with Gasteiger partial charge in [-0.25, -0.2) is 15.0 Å². The van der Waals surface area contributed by atoms with Gasteiger partial charge in [-0.1, -0.05) is 0 Å². The molecule has 5 rings (SSSR count). The van der Waals surface area contributed by atoms with Crippen LogP contribution in [0.1, 0.15) is 17.7 Å². The first-order valence-electron chi connectivity index (χ1n) is 10.7. The highest BCUT2D eigenvalue weighted by Gasteiger charge is 2.20. The Morgan fingerprint density at radius 1 is 1.15 bits per heavy atom. The first-order chi connectivity index (χ1) is 16.6. The van der Waals surface area contributed by atoms with Gasteiger partial charge in [0, 0.05) is 29.7 Å². The van der Waals surface area contributed by atoms with E-state index in [1.54, 1.807) is 38.7 Å². The smallest absolute Gasteiger partial charge is 0.247 e. The number of nitrogens with one attached hydrogen (secondary N) is 2. The van der Waals surface area contributed by atoms with Gasteiger partial charge in [-0.2, -0.15) is 5.10 Å². The number of anilines is 1. The highest BCUT2D eigenvalue weighted by atomic mass is 32.1. The van der Waals surface area contributed by atoms with Crippen molar-refractivity contribution in [2.24, 2.45) is 0 Å². The van der Waals surface area contributed by atoms with Crippen molar-refractivity contribution < 1.29 is 19.0 Å². The maximum absolute atomic E-state index is 12.4. The van der Waals surface area contributed by atoms with Gasteiger partial charge in [0.2, 0.25) is 11.8 Å². The Morgan fingerprint density at radius 2 is 1.97 bits per heavy atom. The minimum absolute atomic E-state index is 0.0220. The molecule has 3 aromatic heterocycles. The second-order valence-electron chi connectivity index (χ2n) is 7.71. The molecule has 0 atom stereocenters. The molecular weight excluding hydrogens is 458 g/mol. The van der Waals surface area contributed by atoms with Gasteiger partial charge in [0.05, 0.1) is 37.5 Å². The number of amides is 1. The molecule has 0 aliphatic heterocycles. The third kappa shape index (κ3) is 5.07. The van der Waals surface area contributed by atoms with E-state index < -0.39 is 0 Å². The number of ether oxygens (including phenoxy) is 3. The zero-order valence-electron chi connectivity index (χ0n) is 18.6. The first kappa shape index (κ1) is 22.0. The summed E-state index contributed by atoms with van der Waals surface area (Å²) in [5.74, 6) is 1.64. The third-order valence-corrected chi connectivity index (χ3v) is 6.09. The summed E-state index contributed by atoms with van der Waals surface area (Å²) >= 11 is 1.46. The molecule has 0 spiro atoms. The average Bonchev–Trinajstić information content (AvgIpc) is 3.41. The normalized spacial score (nSPS) is 13.1. The van der Waals surface area contributed by atoms with Gasteiger partial charge in [0.1, 0.15) is 12.9 Å². The van der Waals surface area contributed by atoms with E-state index >= 15 is 0 Å². The Morgan fingerprint density at radius 3 is 2.76 bits per heavy atom. The van der Waals surface area contributed by atoms with E-state index in [1.807, 2.05) is 0 Å². The Bertz CT molecular complexity index is 1320. The molecule has 1 amide bonds. The van der Waals surface area contributed by atoms with Crippen LogP contribution in [0.4, 0.5) is 5.13 Å². The number of carbonyl (C=O) groups excluding carboxylic acids is 1. The van der Waals surface area contributed by atoms with Crippen LogP contribution in [0, 0.1) is 0 Å². The Hall–Kier alpha value is -3.77. The second-order valence-corrected chi connectivity index (χ2v) is 8.83. The van der Waals surface area contributed by atoms with Crippen LogP contribution in [0.2, 0.25) is 0 Å². The van der Waals surface area contributed by atoms with Crippen LogP contribution < -0.4 is 24.8 Å². The predicted molar refractivity (Wildman–Crippen MR) is 126 cm³/mol. The average molecular weight is 482 g/mol. The molecule has 0 unspecified atom stereocenters.